The van der Waals surface area contributed by atoms with Gasteiger partial charge in [0.05, 0.1) is 43.4 Å². The normalized spacial score (nSPS) is 20.4. The molecule has 2 aromatic heterocycles. The monoisotopic (exact) mass is 347 g/mol. The summed E-state index contributed by atoms with van der Waals surface area (Å²) in [6.07, 6.45) is 6.91. The van der Waals surface area contributed by atoms with E-state index in [0.717, 1.165) is 12.0 Å². The van der Waals surface area contributed by atoms with Crippen LogP contribution in [-0.2, 0) is 22.9 Å². The maximum Gasteiger partial charge on any atom is 0.257 e. The number of ether oxygens (including phenoxy) is 2. The SMILES string of the molecule is COCCO[C@H]1CCN(C(=O)c2ccoc2C)[C@H]1Cc1cnn(C)c1. The minimum absolute atomic E-state index is 0.00187. The Morgan fingerprint density at radius 2 is 2.28 bits per heavy atom. The number of furan rings is 1. The van der Waals surface area contributed by atoms with E-state index in [1.165, 1.54) is 0 Å². The fourth-order valence-electron chi connectivity index (χ4n) is 3.38. The molecule has 0 radical (unpaired) electrons. The Morgan fingerprint density at radius 1 is 1.44 bits per heavy atom. The smallest absolute Gasteiger partial charge is 0.257 e. The van der Waals surface area contributed by atoms with Crippen molar-refractivity contribution >= 4 is 5.91 Å². The Bertz CT molecular complexity index is 709. The van der Waals surface area contributed by atoms with Gasteiger partial charge in [0.25, 0.3) is 5.91 Å². The number of hydrogen-bond acceptors (Lipinski definition) is 5. The van der Waals surface area contributed by atoms with Gasteiger partial charge in [0.2, 0.25) is 0 Å². The van der Waals surface area contributed by atoms with E-state index in [0.29, 0.717) is 37.5 Å². The Balaban J connectivity index is 1.77. The standard InChI is InChI=1S/C18H25N3O4/c1-13-15(5-7-24-13)18(22)21-6-4-17(25-9-8-23-3)16(21)10-14-11-19-20(2)12-14/h5,7,11-12,16-17H,4,6,8-10H2,1-3H3/t16-,17-/m0/s1. The van der Waals surface area contributed by atoms with Crippen LogP contribution in [0.25, 0.3) is 0 Å². The van der Waals surface area contributed by atoms with Crippen molar-refractivity contribution in [2.45, 2.75) is 31.9 Å². The molecule has 0 aliphatic carbocycles. The summed E-state index contributed by atoms with van der Waals surface area (Å²) in [7, 11) is 3.55. The molecular formula is C18H25N3O4. The quantitative estimate of drug-likeness (QED) is 0.715. The Labute approximate surface area is 147 Å². The van der Waals surface area contributed by atoms with Crippen LogP contribution >= 0.6 is 0 Å². The topological polar surface area (TPSA) is 69.7 Å². The summed E-state index contributed by atoms with van der Waals surface area (Å²) in [6.45, 7) is 3.56. The van der Waals surface area contributed by atoms with Crippen LogP contribution in [0.4, 0.5) is 0 Å². The molecule has 0 saturated carbocycles. The lowest BCUT2D eigenvalue weighted by Crippen LogP contribution is -2.42. The summed E-state index contributed by atoms with van der Waals surface area (Å²) in [6, 6.07) is 1.71. The van der Waals surface area contributed by atoms with E-state index in [1.54, 1.807) is 24.1 Å². The van der Waals surface area contributed by atoms with Gasteiger partial charge in [-0.05, 0) is 31.4 Å². The van der Waals surface area contributed by atoms with Crippen LogP contribution < -0.4 is 0 Å². The number of aryl methyl sites for hydroxylation is 2. The first-order chi connectivity index (χ1) is 12.1. The molecule has 7 nitrogen and oxygen atoms in total. The average molecular weight is 347 g/mol. The van der Waals surface area contributed by atoms with Crippen molar-refractivity contribution in [3.05, 3.63) is 41.6 Å². The molecule has 0 aromatic carbocycles. The van der Waals surface area contributed by atoms with Crippen molar-refractivity contribution in [3.8, 4) is 0 Å². The van der Waals surface area contributed by atoms with Gasteiger partial charge in [-0.3, -0.25) is 9.48 Å². The summed E-state index contributed by atoms with van der Waals surface area (Å²) in [5.41, 5.74) is 1.71. The Hall–Kier alpha value is -2.12. The van der Waals surface area contributed by atoms with Gasteiger partial charge in [0.1, 0.15) is 5.76 Å². The van der Waals surface area contributed by atoms with E-state index in [4.69, 9.17) is 13.9 Å². The summed E-state index contributed by atoms with van der Waals surface area (Å²) in [4.78, 5) is 14.9. The number of hydrogen-bond donors (Lipinski definition) is 0. The van der Waals surface area contributed by atoms with Gasteiger partial charge >= 0.3 is 0 Å². The van der Waals surface area contributed by atoms with Crippen molar-refractivity contribution in [3.63, 3.8) is 0 Å². The number of carbonyl (C=O) groups is 1. The number of carbonyl (C=O) groups excluding carboxylic acids is 1. The third kappa shape index (κ3) is 3.93. The molecule has 136 valence electrons. The summed E-state index contributed by atoms with van der Waals surface area (Å²) < 4.78 is 18.1. The highest BCUT2D eigenvalue weighted by Crippen LogP contribution is 2.27. The first-order valence-electron chi connectivity index (χ1n) is 8.53. The third-order valence-electron chi connectivity index (χ3n) is 4.66. The van der Waals surface area contributed by atoms with Gasteiger partial charge in [0, 0.05) is 26.9 Å². The predicted molar refractivity (Wildman–Crippen MR) is 91.4 cm³/mol. The van der Waals surface area contributed by atoms with Crippen LogP contribution in [0.5, 0.6) is 0 Å². The van der Waals surface area contributed by atoms with Crippen LogP contribution in [0, 0.1) is 6.92 Å². The van der Waals surface area contributed by atoms with Gasteiger partial charge in [-0.25, -0.2) is 0 Å². The number of nitrogens with zero attached hydrogens (tertiary/aromatic N) is 3. The molecule has 3 heterocycles. The average Bonchev–Trinajstić information content (AvgIpc) is 3.29. The van der Waals surface area contributed by atoms with E-state index < -0.39 is 0 Å². The van der Waals surface area contributed by atoms with E-state index in [1.807, 2.05) is 31.3 Å². The number of likely N-dealkylation sites (tertiary alicyclic amines) is 1. The van der Waals surface area contributed by atoms with Gasteiger partial charge in [-0.1, -0.05) is 0 Å². The van der Waals surface area contributed by atoms with Gasteiger partial charge in [-0.2, -0.15) is 5.10 Å². The molecule has 1 amide bonds. The molecule has 7 heteroatoms. The second-order valence-corrected chi connectivity index (χ2v) is 6.37. The fourth-order valence-corrected chi connectivity index (χ4v) is 3.38. The second-order valence-electron chi connectivity index (χ2n) is 6.37. The maximum atomic E-state index is 13.0. The molecule has 2 aromatic rings. The van der Waals surface area contributed by atoms with Gasteiger partial charge < -0.3 is 18.8 Å². The first kappa shape index (κ1) is 17.7. The molecule has 1 fully saturated rings. The van der Waals surface area contributed by atoms with Crippen molar-refractivity contribution in [2.75, 3.05) is 26.9 Å². The van der Waals surface area contributed by atoms with E-state index in [-0.39, 0.29) is 18.1 Å². The zero-order valence-corrected chi connectivity index (χ0v) is 15.0. The van der Waals surface area contributed by atoms with E-state index >= 15 is 0 Å². The number of methoxy groups -OCH3 is 1. The summed E-state index contributed by atoms with van der Waals surface area (Å²) in [5, 5.41) is 4.23. The predicted octanol–water partition coefficient (Wildman–Crippen LogP) is 1.81. The Kier molecular flexibility index (Phi) is 5.55. The van der Waals surface area contributed by atoms with Gasteiger partial charge in [-0.15, -0.1) is 0 Å². The van der Waals surface area contributed by atoms with Crippen LogP contribution in [0.15, 0.2) is 29.1 Å². The molecule has 0 N–H and O–H groups in total. The van der Waals surface area contributed by atoms with Crippen LogP contribution in [0.1, 0.15) is 28.1 Å². The molecular weight excluding hydrogens is 322 g/mol. The lowest BCUT2D eigenvalue weighted by Gasteiger charge is -2.28. The molecule has 25 heavy (non-hydrogen) atoms. The first-order valence-corrected chi connectivity index (χ1v) is 8.53. The highest BCUT2D eigenvalue weighted by molar-refractivity contribution is 5.95. The highest BCUT2D eigenvalue weighted by Gasteiger charge is 2.38. The minimum Gasteiger partial charge on any atom is -0.469 e. The number of aromatic nitrogens is 2. The largest absolute Gasteiger partial charge is 0.469 e. The molecule has 3 rings (SSSR count). The van der Waals surface area contributed by atoms with E-state index in [9.17, 15) is 4.79 Å². The van der Waals surface area contributed by atoms with Crippen LogP contribution in [-0.4, -0.2) is 59.6 Å². The highest BCUT2D eigenvalue weighted by atomic mass is 16.5. The maximum absolute atomic E-state index is 13.0. The molecule has 1 saturated heterocycles. The number of amides is 1. The Morgan fingerprint density at radius 3 is 2.92 bits per heavy atom. The zero-order valence-electron chi connectivity index (χ0n) is 15.0. The number of rotatable bonds is 7. The van der Waals surface area contributed by atoms with Gasteiger partial charge in [0.15, 0.2) is 0 Å². The molecule has 1 aliphatic heterocycles. The molecule has 2 atom stereocenters. The molecule has 0 spiro atoms. The van der Waals surface area contributed by atoms with Crippen LogP contribution in [0.2, 0.25) is 0 Å². The third-order valence-corrected chi connectivity index (χ3v) is 4.66. The van der Waals surface area contributed by atoms with Crippen molar-refractivity contribution in [1.29, 1.82) is 0 Å². The summed E-state index contributed by atoms with van der Waals surface area (Å²) >= 11 is 0. The second kappa shape index (κ2) is 7.84. The van der Waals surface area contributed by atoms with Crippen molar-refractivity contribution < 1.29 is 18.7 Å². The molecule has 1 aliphatic rings. The molecule has 0 bridgehead atoms. The summed E-state index contributed by atoms with van der Waals surface area (Å²) in [5.74, 6) is 0.645. The fraction of sp³-hybridized carbons (Fsp3) is 0.556. The lowest BCUT2D eigenvalue weighted by molar-refractivity contribution is 0.000470. The lowest BCUT2D eigenvalue weighted by atomic mass is 10.0. The minimum atomic E-state index is -0.0251. The van der Waals surface area contributed by atoms with E-state index in [2.05, 4.69) is 5.10 Å². The van der Waals surface area contributed by atoms with Crippen molar-refractivity contribution in [1.82, 2.24) is 14.7 Å². The van der Waals surface area contributed by atoms with Crippen LogP contribution in [0.3, 0.4) is 0 Å². The zero-order chi connectivity index (χ0) is 17.8. The van der Waals surface area contributed by atoms with Crippen molar-refractivity contribution in [2.24, 2.45) is 7.05 Å². The molecule has 0 unspecified atom stereocenters.